The van der Waals surface area contributed by atoms with Crippen LogP contribution in [0.2, 0.25) is 0 Å². The molecular weight excluding hydrogens is 284 g/mol. The predicted molar refractivity (Wildman–Crippen MR) is 86.5 cm³/mol. The summed E-state index contributed by atoms with van der Waals surface area (Å²) >= 11 is 0. The summed E-state index contributed by atoms with van der Waals surface area (Å²) in [6.45, 7) is 2.30. The number of hydrogen-bond donors (Lipinski definition) is 1. The lowest BCUT2D eigenvalue weighted by Gasteiger charge is -2.20. The zero-order valence-corrected chi connectivity index (χ0v) is 13.1. The summed E-state index contributed by atoms with van der Waals surface area (Å²) in [5.41, 5.74) is 9.03. The van der Waals surface area contributed by atoms with Crippen LogP contribution in [-0.2, 0) is 22.3 Å². The highest BCUT2D eigenvalue weighted by molar-refractivity contribution is 7.92. The van der Waals surface area contributed by atoms with Crippen molar-refractivity contribution in [1.82, 2.24) is 0 Å². The quantitative estimate of drug-likeness (QED) is 0.922. The fourth-order valence-electron chi connectivity index (χ4n) is 2.11. The average Bonchev–Trinajstić information content (AvgIpc) is 2.47. The van der Waals surface area contributed by atoms with E-state index in [0.29, 0.717) is 12.2 Å². The van der Waals surface area contributed by atoms with Gasteiger partial charge in [-0.3, -0.25) is 4.31 Å². The summed E-state index contributed by atoms with van der Waals surface area (Å²) in [6.07, 6.45) is 0. The van der Waals surface area contributed by atoms with E-state index in [1.54, 1.807) is 7.05 Å². The van der Waals surface area contributed by atoms with E-state index in [0.717, 1.165) is 16.7 Å². The summed E-state index contributed by atoms with van der Waals surface area (Å²) in [6, 6.07) is 14.8. The summed E-state index contributed by atoms with van der Waals surface area (Å²) in [4.78, 5) is 0. The van der Waals surface area contributed by atoms with Crippen molar-refractivity contribution in [2.75, 3.05) is 11.4 Å². The van der Waals surface area contributed by atoms with E-state index in [1.165, 1.54) is 4.31 Å². The fraction of sp³-hybridized carbons (Fsp3) is 0.250. The lowest BCUT2D eigenvalue weighted by atomic mass is 10.1. The molecule has 112 valence electrons. The molecule has 0 bridgehead atoms. The van der Waals surface area contributed by atoms with Crippen LogP contribution in [0.4, 0.5) is 5.69 Å². The third-order valence-electron chi connectivity index (χ3n) is 3.49. The first-order valence-corrected chi connectivity index (χ1v) is 8.35. The predicted octanol–water partition coefficient (Wildman–Crippen LogP) is 2.42. The van der Waals surface area contributed by atoms with E-state index in [4.69, 9.17) is 5.73 Å². The van der Waals surface area contributed by atoms with Crippen molar-refractivity contribution in [1.29, 1.82) is 0 Å². The smallest absolute Gasteiger partial charge is 0.239 e. The van der Waals surface area contributed by atoms with Gasteiger partial charge in [-0.15, -0.1) is 0 Å². The van der Waals surface area contributed by atoms with Crippen molar-refractivity contribution in [2.24, 2.45) is 5.73 Å². The maximum absolute atomic E-state index is 12.5. The molecule has 0 aliphatic carbocycles. The Morgan fingerprint density at radius 1 is 1.00 bits per heavy atom. The molecule has 21 heavy (non-hydrogen) atoms. The molecule has 0 spiro atoms. The van der Waals surface area contributed by atoms with E-state index in [-0.39, 0.29) is 5.75 Å². The van der Waals surface area contributed by atoms with Crippen LogP contribution in [0.5, 0.6) is 0 Å². The molecule has 0 amide bonds. The Kier molecular flexibility index (Phi) is 4.65. The molecule has 0 unspecified atom stereocenters. The van der Waals surface area contributed by atoms with Crippen LogP contribution in [0.1, 0.15) is 16.7 Å². The van der Waals surface area contributed by atoms with Crippen molar-refractivity contribution < 1.29 is 8.42 Å². The number of benzene rings is 2. The molecule has 0 radical (unpaired) electrons. The van der Waals surface area contributed by atoms with Crippen LogP contribution in [-0.4, -0.2) is 15.5 Å². The summed E-state index contributed by atoms with van der Waals surface area (Å²) in [7, 11) is -1.86. The van der Waals surface area contributed by atoms with E-state index in [9.17, 15) is 8.42 Å². The zero-order chi connectivity index (χ0) is 15.5. The second-order valence-corrected chi connectivity index (χ2v) is 7.03. The van der Waals surface area contributed by atoms with Gasteiger partial charge in [-0.05, 0) is 30.2 Å². The molecule has 2 rings (SSSR count). The molecule has 0 atom stereocenters. The molecule has 0 aliphatic heterocycles. The number of nitrogens with two attached hydrogens (primary N) is 1. The highest BCUT2D eigenvalue weighted by Crippen LogP contribution is 2.20. The van der Waals surface area contributed by atoms with Crippen LogP contribution in [0, 0.1) is 6.92 Å². The molecule has 0 heterocycles. The zero-order valence-electron chi connectivity index (χ0n) is 12.3. The number of anilines is 1. The van der Waals surface area contributed by atoms with Gasteiger partial charge in [0.25, 0.3) is 0 Å². The Bertz CT molecular complexity index is 709. The molecule has 0 fully saturated rings. The number of rotatable bonds is 5. The first-order chi connectivity index (χ1) is 9.94. The molecule has 0 saturated carbocycles. The Labute approximate surface area is 126 Å². The van der Waals surface area contributed by atoms with Crippen LogP contribution in [0.3, 0.4) is 0 Å². The SMILES string of the molecule is Cc1ccc(N(C)S(=O)(=O)Cc2ccccc2CN)cc1. The van der Waals surface area contributed by atoms with Gasteiger partial charge in [-0.2, -0.15) is 0 Å². The van der Waals surface area contributed by atoms with Crippen LogP contribution in [0.15, 0.2) is 48.5 Å². The summed E-state index contributed by atoms with van der Waals surface area (Å²) in [5, 5.41) is 0. The topological polar surface area (TPSA) is 63.4 Å². The molecule has 0 aliphatic rings. The Hall–Kier alpha value is -1.85. The number of nitrogens with zero attached hydrogens (tertiary/aromatic N) is 1. The normalized spacial score (nSPS) is 11.4. The summed E-state index contributed by atoms with van der Waals surface area (Å²) in [5.74, 6) is -0.0508. The minimum atomic E-state index is -3.43. The molecule has 2 N–H and O–H groups in total. The molecule has 0 aromatic heterocycles. The second kappa shape index (κ2) is 6.28. The van der Waals surface area contributed by atoms with E-state index in [1.807, 2.05) is 55.5 Å². The number of aryl methyl sites for hydroxylation is 1. The van der Waals surface area contributed by atoms with Gasteiger partial charge in [-0.1, -0.05) is 42.0 Å². The average molecular weight is 304 g/mol. The molecular formula is C16H20N2O2S. The van der Waals surface area contributed by atoms with Gasteiger partial charge in [0.1, 0.15) is 0 Å². The largest absolute Gasteiger partial charge is 0.326 e. The minimum absolute atomic E-state index is 0.0508. The monoisotopic (exact) mass is 304 g/mol. The Balaban J connectivity index is 2.27. The van der Waals surface area contributed by atoms with Crippen LogP contribution >= 0.6 is 0 Å². The standard InChI is InChI=1S/C16H20N2O2S/c1-13-7-9-16(10-8-13)18(2)21(19,20)12-15-6-4-3-5-14(15)11-17/h3-10H,11-12,17H2,1-2H3. The molecule has 2 aromatic carbocycles. The molecule has 2 aromatic rings. The Morgan fingerprint density at radius 2 is 1.57 bits per heavy atom. The maximum Gasteiger partial charge on any atom is 0.239 e. The van der Waals surface area contributed by atoms with Crippen molar-refractivity contribution in [3.05, 3.63) is 65.2 Å². The first-order valence-electron chi connectivity index (χ1n) is 6.74. The molecule has 5 heteroatoms. The lowest BCUT2D eigenvalue weighted by molar-refractivity contribution is 0.593. The van der Waals surface area contributed by atoms with Gasteiger partial charge in [0.15, 0.2) is 0 Å². The van der Waals surface area contributed by atoms with Crippen molar-refractivity contribution >= 4 is 15.7 Å². The van der Waals surface area contributed by atoms with Gasteiger partial charge in [0.2, 0.25) is 10.0 Å². The van der Waals surface area contributed by atoms with Crippen molar-refractivity contribution in [3.8, 4) is 0 Å². The van der Waals surface area contributed by atoms with E-state index in [2.05, 4.69) is 0 Å². The highest BCUT2D eigenvalue weighted by Gasteiger charge is 2.20. The second-order valence-electron chi connectivity index (χ2n) is 5.03. The third-order valence-corrected chi connectivity index (χ3v) is 5.21. The van der Waals surface area contributed by atoms with E-state index < -0.39 is 10.0 Å². The van der Waals surface area contributed by atoms with Gasteiger partial charge >= 0.3 is 0 Å². The van der Waals surface area contributed by atoms with Gasteiger partial charge in [0, 0.05) is 13.6 Å². The molecule has 4 nitrogen and oxygen atoms in total. The van der Waals surface area contributed by atoms with Crippen LogP contribution in [0.25, 0.3) is 0 Å². The lowest BCUT2D eigenvalue weighted by Crippen LogP contribution is -2.28. The third kappa shape index (κ3) is 3.62. The van der Waals surface area contributed by atoms with Crippen molar-refractivity contribution in [2.45, 2.75) is 19.2 Å². The maximum atomic E-state index is 12.5. The van der Waals surface area contributed by atoms with Crippen molar-refractivity contribution in [3.63, 3.8) is 0 Å². The summed E-state index contributed by atoms with van der Waals surface area (Å²) < 4.78 is 26.4. The Morgan fingerprint density at radius 3 is 2.14 bits per heavy atom. The fourth-order valence-corrected chi connectivity index (χ4v) is 3.42. The number of hydrogen-bond acceptors (Lipinski definition) is 3. The highest BCUT2D eigenvalue weighted by atomic mass is 32.2. The van der Waals surface area contributed by atoms with E-state index >= 15 is 0 Å². The minimum Gasteiger partial charge on any atom is -0.326 e. The van der Waals surface area contributed by atoms with Gasteiger partial charge in [0.05, 0.1) is 11.4 Å². The van der Waals surface area contributed by atoms with Gasteiger partial charge in [-0.25, -0.2) is 8.42 Å². The van der Waals surface area contributed by atoms with Crippen LogP contribution < -0.4 is 10.0 Å². The van der Waals surface area contributed by atoms with Gasteiger partial charge < -0.3 is 5.73 Å². The number of sulfonamides is 1. The first kappa shape index (κ1) is 15.5. The molecule has 0 saturated heterocycles.